The lowest BCUT2D eigenvalue weighted by molar-refractivity contribution is -0.271. The van der Waals surface area contributed by atoms with Crippen LogP contribution in [-0.2, 0) is 20.7 Å². The topological polar surface area (TPSA) is 157 Å². The van der Waals surface area contributed by atoms with Gasteiger partial charge < -0.3 is 39.9 Å². The van der Waals surface area contributed by atoms with Crippen LogP contribution in [0.2, 0.25) is 0 Å². The summed E-state index contributed by atoms with van der Waals surface area (Å²) >= 11 is 0. The predicted octanol–water partition coefficient (Wildman–Crippen LogP) is 0.0753. The second-order valence-electron chi connectivity index (χ2n) is 7.68. The van der Waals surface area contributed by atoms with Crippen LogP contribution < -0.4 is 4.74 Å². The molecule has 1 aliphatic heterocycles. The SMILES string of the molecule is CCN(CCCC(=O)O)C(C)Cc1ccc(OC2OC(C(=O)O)C(O)C(O)C2O)cc1. The lowest BCUT2D eigenvalue weighted by Gasteiger charge is -2.38. The number of benzene rings is 1. The number of nitrogens with zero attached hydrogens (tertiary/aromatic N) is 1. The van der Waals surface area contributed by atoms with E-state index in [1.54, 1.807) is 12.1 Å². The second-order valence-corrected chi connectivity index (χ2v) is 7.68. The Kier molecular flexibility index (Phi) is 9.20. The van der Waals surface area contributed by atoms with E-state index in [1.165, 1.54) is 0 Å². The van der Waals surface area contributed by atoms with Crippen LogP contribution >= 0.6 is 0 Å². The summed E-state index contributed by atoms with van der Waals surface area (Å²) in [5.74, 6) is -1.97. The van der Waals surface area contributed by atoms with Gasteiger partial charge in [0.05, 0.1) is 0 Å². The van der Waals surface area contributed by atoms with Gasteiger partial charge in [-0.15, -0.1) is 0 Å². The first-order valence-electron chi connectivity index (χ1n) is 10.3. The number of likely N-dealkylation sites (N-methyl/N-ethyl adjacent to an activating group) is 1. The molecule has 1 aromatic carbocycles. The Bertz CT molecular complexity index is 726. The Morgan fingerprint density at radius 2 is 1.74 bits per heavy atom. The third-order valence-corrected chi connectivity index (χ3v) is 5.39. The highest BCUT2D eigenvalue weighted by Gasteiger charge is 2.48. The fourth-order valence-corrected chi connectivity index (χ4v) is 3.58. The van der Waals surface area contributed by atoms with Crippen LogP contribution in [0.3, 0.4) is 0 Å². The van der Waals surface area contributed by atoms with Gasteiger partial charge in [-0.05, 0) is 50.6 Å². The highest BCUT2D eigenvalue weighted by Crippen LogP contribution is 2.25. The van der Waals surface area contributed by atoms with E-state index in [9.17, 15) is 24.9 Å². The smallest absolute Gasteiger partial charge is 0.335 e. The van der Waals surface area contributed by atoms with Crippen molar-refractivity contribution >= 4 is 11.9 Å². The Labute approximate surface area is 180 Å². The summed E-state index contributed by atoms with van der Waals surface area (Å²) in [4.78, 5) is 24.1. The Morgan fingerprint density at radius 1 is 1.10 bits per heavy atom. The number of hydrogen-bond donors (Lipinski definition) is 5. The van der Waals surface area contributed by atoms with Crippen molar-refractivity contribution in [2.24, 2.45) is 0 Å². The molecule has 10 nitrogen and oxygen atoms in total. The first kappa shape index (κ1) is 25.0. The van der Waals surface area contributed by atoms with Crippen molar-refractivity contribution in [3.05, 3.63) is 29.8 Å². The molecule has 1 aliphatic rings. The largest absolute Gasteiger partial charge is 0.481 e. The maximum atomic E-state index is 11.2. The molecule has 1 heterocycles. The molecule has 1 saturated heterocycles. The molecule has 5 N–H and O–H groups in total. The van der Waals surface area contributed by atoms with E-state index < -0.39 is 42.6 Å². The molecule has 0 saturated carbocycles. The van der Waals surface area contributed by atoms with Crippen LogP contribution in [0, 0.1) is 0 Å². The standard InChI is InChI=1S/C21H31NO9/c1-3-22(10-4-5-15(23)24)12(2)11-13-6-8-14(9-7-13)30-21-18(27)16(25)17(26)19(31-21)20(28)29/h6-9,12,16-19,21,25-27H,3-5,10-11H2,1-2H3,(H,23,24)(H,28,29). The van der Waals surface area contributed by atoms with Gasteiger partial charge in [0.15, 0.2) is 6.10 Å². The van der Waals surface area contributed by atoms with Gasteiger partial charge in [-0.3, -0.25) is 4.79 Å². The van der Waals surface area contributed by atoms with Crippen LogP contribution in [0.1, 0.15) is 32.3 Å². The maximum absolute atomic E-state index is 11.2. The van der Waals surface area contributed by atoms with Crippen LogP contribution in [0.5, 0.6) is 5.75 Å². The first-order valence-corrected chi connectivity index (χ1v) is 10.3. The van der Waals surface area contributed by atoms with Gasteiger partial charge in [-0.2, -0.15) is 0 Å². The minimum Gasteiger partial charge on any atom is -0.481 e. The fourth-order valence-electron chi connectivity index (χ4n) is 3.58. The van der Waals surface area contributed by atoms with Crippen LogP contribution in [0.15, 0.2) is 24.3 Å². The molecule has 0 aliphatic carbocycles. The van der Waals surface area contributed by atoms with E-state index in [0.717, 1.165) is 18.5 Å². The molecule has 31 heavy (non-hydrogen) atoms. The van der Waals surface area contributed by atoms with Gasteiger partial charge in [0, 0.05) is 12.5 Å². The number of aliphatic carboxylic acids is 2. The molecule has 2 rings (SSSR count). The molecule has 6 unspecified atom stereocenters. The van der Waals surface area contributed by atoms with Crippen molar-refractivity contribution in [3.63, 3.8) is 0 Å². The molecular formula is C21H31NO9. The van der Waals surface area contributed by atoms with Gasteiger partial charge >= 0.3 is 11.9 Å². The molecule has 0 aromatic heterocycles. The van der Waals surface area contributed by atoms with Crippen LogP contribution in [0.4, 0.5) is 0 Å². The van der Waals surface area contributed by atoms with Crippen molar-refractivity contribution < 1.29 is 44.6 Å². The highest BCUT2D eigenvalue weighted by atomic mass is 16.7. The van der Waals surface area contributed by atoms with Crippen molar-refractivity contribution in [2.45, 2.75) is 69.9 Å². The number of carboxylic acids is 2. The van der Waals surface area contributed by atoms with E-state index in [0.29, 0.717) is 18.7 Å². The lowest BCUT2D eigenvalue weighted by atomic mass is 9.99. The number of carbonyl (C=O) groups is 2. The van der Waals surface area contributed by atoms with Gasteiger partial charge in [-0.25, -0.2) is 4.79 Å². The highest BCUT2D eigenvalue weighted by molar-refractivity contribution is 5.73. The Morgan fingerprint density at radius 3 is 2.29 bits per heavy atom. The summed E-state index contributed by atoms with van der Waals surface area (Å²) in [5.41, 5.74) is 1.01. The molecule has 1 fully saturated rings. The number of rotatable bonds is 11. The molecule has 0 amide bonds. The molecule has 0 radical (unpaired) electrons. The molecule has 174 valence electrons. The number of hydrogen-bond acceptors (Lipinski definition) is 8. The quantitative estimate of drug-likeness (QED) is 0.318. The zero-order chi connectivity index (χ0) is 23.1. The van der Waals surface area contributed by atoms with Crippen molar-refractivity contribution in [2.75, 3.05) is 13.1 Å². The average Bonchev–Trinajstić information content (AvgIpc) is 2.72. The Balaban J connectivity index is 1.95. The third-order valence-electron chi connectivity index (χ3n) is 5.39. The maximum Gasteiger partial charge on any atom is 0.335 e. The third kappa shape index (κ3) is 6.88. The number of aliphatic hydroxyl groups excluding tert-OH is 3. The molecule has 10 heteroatoms. The van der Waals surface area contributed by atoms with Gasteiger partial charge in [0.2, 0.25) is 6.29 Å². The van der Waals surface area contributed by atoms with Crippen molar-refractivity contribution in [1.82, 2.24) is 4.90 Å². The molecular weight excluding hydrogens is 410 g/mol. The second kappa shape index (κ2) is 11.4. The number of carboxylic acid groups (broad SMARTS) is 2. The normalized spacial score (nSPS) is 27.1. The first-order chi connectivity index (χ1) is 14.6. The molecule has 0 bridgehead atoms. The van der Waals surface area contributed by atoms with Gasteiger partial charge in [-0.1, -0.05) is 19.1 Å². The monoisotopic (exact) mass is 441 g/mol. The van der Waals surface area contributed by atoms with E-state index in [-0.39, 0.29) is 12.5 Å². The predicted molar refractivity (Wildman–Crippen MR) is 109 cm³/mol. The van der Waals surface area contributed by atoms with E-state index in [2.05, 4.69) is 11.8 Å². The minimum absolute atomic E-state index is 0.138. The fraction of sp³-hybridized carbons (Fsp3) is 0.619. The number of ether oxygens (including phenoxy) is 2. The Hall–Kier alpha value is -2.24. The van der Waals surface area contributed by atoms with Crippen molar-refractivity contribution in [1.29, 1.82) is 0 Å². The zero-order valence-electron chi connectivity index (χ0n) is 17.6. The average molecular weight is 441 g/mol. The number of aliphatic hydroxyl groups is 3. The summed E-state index contributed by atoms with van der Waals surface area (Å²) in [6.45, 7) is 5.60. The molecule has 0 spiro atoms. The summed E-state index contributed by atoms with van der Waals surface area (Å²) in [7, 11) is 0. The minimum atomic E-state index is -1.77. The summed E-state index contributed by atoms with van der Waals surface area (Å²) in [5, 5.41) is 47.5. The zero-order valence-corrected chi connectivity index (χ0v) is 17.6. The van der Waals surface area contributed by atoms with Gasteiger partial charge in [0.1, 0.15) is 24.1 Å². The van der Waals surface area contributed by atoms with E-state index in [4.69, 9.17) is 19.7 Å². The molecule has 1 aromatic rings. The van der Waals surface area contributed by atoms with Crippen molar-refractivity contribution in [3.8, 4) is 5.75 Å². The van der Waals surface area contributed by atoms with Gasteiger partial charge in [0.25, 0.3) is 0 Å². The van der Waals surface area contributed by atoms with E-state index >= 15 is 0 Å². The molecule has 6 atom stereocenters. The summed E-state index contributed by atoms with van der Waals surface area (Å²) < 4.78 is 10.6. The van der Waals surface area contributed by atoms with Crippen LogP contribution in [-0.4, -0.2) is 92.2 Å². The van der Waals surface area contributed by atoms with Crippen LogP contribution in [0.25, 0.3) is 0 Å². The lowest BCUT2D eigenvalue weighted by Crippen LogP contribution is -2.61. The summed E-state index contributed by atoms with van der Waals surface area (Å²) in [6, 6.07) is 7.14. The van der Waals surface area contributed by atoms with E-state index in [1.807, 2.05) is 19.1 Å². The summed E-state index contributed by atoms with van der Waals surface area (Å²) in [6.07, 6.45) is -6.82.